The molecule has 0 aliphatic rings. The number of carbonyl (C=O) groups is 1. The van der Waals surface area contributed by atoms with Crippen LogP contribution in [0.5, 0.6) is 0 Å². The van der Waals surface area contributed by atoms with E-state index in [1.165, 1.54) is 0 Å². The summed E-state index contributed by atoms with van der Waals surface area (Å²) in [6.07, 6.45) is -1.86. The smallest absolute Gasteiger partial charge is 0.342 e. The number of alkyl halides is 1. The third-order valence-corrected chi connectivity index (χ3v) is 2.33. The van der Waals surface area contributed by atoms with Gasteiger partial charge in [0, 0.05) is 5.02 Å². The zero-order valence-electron chi connectivity index (χ0n) is 8.82. The van der Waals surface area contributed by atoms with Gasteiger partial charge >= 0.3 is 5.97 Å². The van der Waals surface area contributed by atoms with Crippen molar-refractivity contribution in [2.75, 3.05) is 6.61 Å². The second-order valence-corrected chi connectivity index (χ2v) is 3.67. The van der Waals surface area contributed by atoms with E-state index >= 15 is 0 Å². The van der Waals surface area contributed by atoms with Gasteiger partial charge in [0.2, 0.25) is 6.17 Å². The zero-order chi connectivity index (χ0) is 12.1. The van der Waals surface area contributed by atoms with Crippen molar-refractivity contribution in [3.8, 4) is 0 Å². The molecule has 0 amide bonds. The molecule has 1 aromatic carbocycles. The number of carbonyl (C=O) groups excluding carboxylic acids is 1. The van der Waals surface area contributed by atoms with Gasteiger partial charge in [0.05, 0.1) is 12.6 Å². The fourth-order valence-electron chi connectivity index (χ4n) is 1.22. The Hall–Kier alpha value is -1.13. The third-order valence-electron chi connectivity index (χ3n) is 2.08. The average Bonchev–Trinajstić information content (AvgIpc) is 2.28. The summed E-state index contributed by atoms with van der Waals surface area (Å²) in [5.74, 6) is -0.940. The summed E-state index contributed by atoms with van der Waals surface area (Å²) in [4.78, 5) is 11.1. The van der Waals surface area contributed by atoms with Crippen LogP contribution in [0.3, 0.4) is 0 Å². The Labute approximate surface area is 98.3 Å². The van der Waals surface area contributed by atoms with Crippen LogP contribution in [0.4, 0.5) is 4.39 Å². The zero-order valence-corrected chi connectivity index (χ0v) is 9.58. The number of esters is 1. The number of hydrogen-bond acceptors (Lipinski definition) is 3. The lowest BCUT2D eigenvalue weighted by molar-refractivity contribution is -0.149. The predicted octanol–water partition coefficient (Wildman–Crippen LogP) is 2.24. The van der Waals surface area contributed by atoms with Gasteiger partial charge in [0.15, 0.2) is 0 Å². The molecule has 88 valence electrons. The fourth-order valence-corrected chi connectivity index (χ4v) is 1.35. The van der Waals surface area contributed by atoms with E-state index in [2.05, 4.69) is 4.74 Å². The molecular formula is C11H13ClFNO2. The lowest BCUT2D eigenvalue weighted by atomic mass is 10.0. The summed E-state index contributed by atoms with van der Waals surface area (Å²) in [5, 5.41) is 0.530. The molecule has 1 rings (SSSR count). The maximum Gasteiger partial charge on any atom is 0.342 e. The van der Waals surface area contributed by atoms with Crippen LogP contribution in [0.1, 0.15) is 18.5 Å². The minimum absolute atomic E-state index is 0.132. The first kappa shape index (κ1) is 12.9. The van der Waals surface area contributed by atoms with Crippen molar-refractivity contribution in [1.29, 1.82) is 0 Å². The van der Waals surface area contributed by atoms with Gasteiger partial charge in [-0.05, 0) is 24.6 Å². The topological polar surface area (TPSA) is 52.3 Å². The van der Waals surface area contributed by atoms with Crippen molar-refractivity contribution in [3.63, 3.8) is 0 Å². The minimum Gasteiger partial charge on any atom is -0.464 e. The van der Waals surface area contributed by atoms with Crippen LogP contribution in [0, 0.1) is 0 Å². The highest BCUT2D eigenvalue weighted by Crippen LogP contribution is 2.20. The van der Waals surface area contributed by atoms with E-state index in [0.29, 0.717) is 10.6 Å². The first-order valence-electron chi connectivity index (χ1n) is 4.88. The van der Waals surface area contributed by atoms with Crippen LogP contribution in [0.15, 0.2) is 24.3 Å². The number of halogens is 2. The second-order valence-electron chi connectivity index (χ2n) is 3.23. The van der Waals surface area contributed by atoms with E-state index in [1.54, 1.807) is 31.2 Å². The molecule has 1 unspecified atom stereocenters. The SMILES string of the molecule is CCOC(=O)C(F)[C@@H](N)c1ccc(Cl)cc1. The van der Waals surface area contributed by atoms with Crippen LogP contribution in [-0.2, 0) is 9.53 Å². The Morgan fingerprint density at radius 3 is 2.56 bits per heavy atom. The number of benzene rings is 1. The van der Waals surface area contributed by atoms with Crippen molar-refractivity contribution < 1.29 is 13.9 Å². The van der Waals surface area contributed by atoms with Crippen molar-refractivity contribution >= 4 is 17.6 Å². The lowest BCUT2D eigenvalue weighted by Crippen LogP contribution is -2.31. The Kier molecular flexibility index (Phi) is 4.71. The second kappa shape index (κ2) is 5.82. The van der Waals surface area contributed by atoms with Gasteiger partial charge in [0.1, 0.15) is 0 Å². The monoisotopic (exact) mass is 245 g/mol. The highest BCUT2D eigenvalue weighted by molar-refractivity contribution is 6.30. The van der Waals surface area contributed by atoms with Gasteiger partial charge in [-0.25, -0.2) is 9.18 Å². The minimum atomic E-state index is -1.86. The fraction of sp³-hybridized carbons (Fsp3) is 0.364. The molecule has 0 fully saturated rings. The summed E-state index contributed by atoms with van der Waals surface area (Å²) >= 11 is 5.68. The Morgan fingerprint density at radius 1 is 1.50 bits per heavy atom. The number of nitrogens with two attached hydrogens (primary N) is 1. The molecule has 1 aromatic rings. The predicted molar refractivity (Wildman–Crippen MR) is 59.9 cm³/mol. The first-order chi connectivity index (χ1) is 7.56. The Balaban J connectivity index is 2.73. The standard InChI is InChI=1S/C11H13ClFNO2/c1-2-16-11(15)9(13)10(14)7-3-5-8(12)6-4-7/h3-6,9-10H,2,14H2,1H3/t9?,10-/m0/s1. The summed E-state index contributed by atoms with van der Waals surface area (Å²) in [7, 11) is 0. The molecule has 0 saturated carbocycles. The lowest BCUT2D eigenvalue weighted by Gasteiger charge is -2.15. The van der Waals surface area contributed by atoms with E-state index in [9.17, 15) is 9.18 Å². The van der Waals surface area contributed by atoms with Crippen LogP contribution >= 0.6 is 11.6 Å². The van der Waals surface area contributed by atoms with Crippen molar-refractivity contribution in [3.05, 3.63) is 34.9 Å². The maximum absolute atomic E-state index is 13.5. The highest BCUT2D eigenvalue weighted by atomic mass is 35.5. The number of rotatable bonds is 4. The quantitative estimate of drug-likeness (QED) is 0.828. The molecule has 0 spiro atoms. The molecule has 0 saturated heterocycles. The normalized spacial score (nSPS) is 14.2. The molecule has 0 aliphatic carbocycles. The summed E-state index contributed by atoms with van der Waals surface area (Å²) in [6.45, 7) is 1.74. The molecule has 2 N–H and O–H groups in total. The van der Waals surface area contributed by atoms with E-state index in [-0.39, 0.29) is 6.61 Å². The largest absolute Gasteiger partial charge is 0.464 e. The summed E-state index contributed by atoms with van der Waals surface area (Å²) < 4.78 is 18.1. The number of hydrogen-bond donors (Lipinski definition) is 1. The molecule has 2 atom stereocenters. The third kappa shape index (κ3) is 3.18. The molecule has 0 radical (unpaired) electrons. The summed E-state index contributed by atoms with van der Waals surface area (Å²) in [5.41, 5.74) is 6.11. The van der Waals surface area contributed by atoms with E-state index in [1.807, 2.05) is 0 Å². The van der Waals surface area contributed by atoms with Gasteiger partial charge < -0.3 is 10.5 Å². The first-order valence-corrected chi connectivity index (χ1v) is 5.25. The molecule has 0 heterocycles. The van der Waals surface area contributed by atoms with E-state index < -0.39 is 18.2 Å². The van der Waals surface area contributed by atoms with Crippen LogP contribution in [-0.4, -0.2) is 18.7 Å². The van der Waals surface area contributed by atoms with Crippen molar-refractivity contribution in [2.24, 2.45) is 5.73 Å². The highest BCUT2D eigenvalue weighted by Gasteiger charge is 2.27. The average molecular weight is 246 g/mol. The molecule has 3 nitrogen and oxygen atoms in total. The Bertz CT molecular complexity index is 356. The number of ether oxygens (including phenoxy) is 1. The molecule has 0 aromatic heterocycles. The maximum atomic E-state index is 13.5. The van der Waals surface area contributed by atoms with Crippen LogP contribution in [0.25, 0.3) is 0 Å². The van der Waals surface area contributed by atoms with Gasteiger partial charge in [-0.15, -0.1) is 0 Å². The van der Waals surface area contributed by atoms with Crippen LogP contribution in [0.2, 0.25) is 5.02 Å². The van der Waals surface area contributed by atoms with Crippen molar-refractivity contribution in [2.45, 2.75) is 19.1 Å². The molecule has 0 bridgehead atoms. The van der Waals surface area contributed by atoms with E-state index in [4.69, 9.17) is 17.3 Å². The van der Waals surface area contributed by atoms with Gasteiger partial charge in [0.25, 0.3) is 0 Å². The molecule has 16 heavy (non-hydrogen) atoms. The van der Waals surface area contributed by atoms with Gasteiger partial charge in [-0.3, -0.25) is 0 Å². The van der Waals surface area contributed by atoms with Crippen molar-refractivity contribution in [1.82, 2.24) is 0 Å². The molecule has 5 heteroatoms. The Morgan fingerprint density at radius 2 is 2.06 bits per heavy atom. The van der Waals surface area contributed by atoms with Gasteiger partial charge in [-0.1, -0.05) is 23.7 Å². The van der Waals surface area contributed by atoms with Gasteiger partial charge in [-0.2, -0.15) is 0 Å². The van der Waals surface area contributed by atoms with E-state index in [0.717, 1.165) is 0 Å². The van der Waals surface area contributed by atoms with Crippen LogP contribution < -0.4 is 5.73 Å². The summed E-state index contributed by atoms with van der Waals surface area (Å²) in [6, 6.07) is 5.32. The molecule has 0 aliphatic heterocycles. The molecular weight excluding hydrogens is 233 g/mol.